The van der Waals surface area contributed by atoms with Crippen LogP contribution in [0.4, 0.5) is 0 Å². The van der Waals surface area contributed by atoms with Crippen LogP contribution in [0.3, 0.4) is 0 Å². The van der Waals surface area contributed by atoms with Crippen molar-refractivity contribution in [3.05, 3.63) is 18.0 Å². The van der Waals surface area contributed by atoms with Gasteiger partial charge in [0.05, 0.1) is 31.4 Å². The van der Waals surface area contributed by atoms with E-state index in [4.69, 9.17) is 4.74 Å². The Balaban J connectivity index is 1.50. The van der Waals surface area contributed by atoms with Crippen LogP contribution in [-0.2, 0) is 18.2 Å². The molecule has 1 N–H and O–H groups in total. The molecule has 2 saturated heterocycles. The fraction of sp³-hybridized carbons (Fsp3) is 0.786. The zero-order chi connectivity index (χ0) is 13.3. The molecule has 2 aliphatic rings. The highest BCUT2D eigenvalue weighted by molar-refractivity contribution is 5.05. The predicted octanol–water partition coefficient (Wildman–Crippen LogP) is 0.293. The zero-order valence-electron chi connectivity index (χ0n) is 11.6. The molecule has 0 spiro atoms. The van der Waals surface area contributed by atoms with Crippen LogP contribution in [0, 0.1) is 11.3 Å². The fourth-order valence-corrected chi connectivity index (χ4v) is 3.23. The van der Waals surface area contributed by atoms with E-state index in [-0.39, 0.29) is 12.0 Å². The summed E-state index contributed by atoms with van der Waals surface area (Å²) in [6, 6.07) is 0. The lowest BCUT2D eigenvalue weighted by Crippen LogP contribution is -2.52. The highest BCUT2D eigenvalue weighted by Crippen LogP contribution is 2.30. The second-order valence-electron chi connectivity index (χ2n) is 6.27. The van der Waals surface area contributed by atoms with Gasteiger partial charge in [0.15, 0.2) is 0 Å². The van der Waals surface area contributed by atoms with Gasteiger partial charge in [-0.05, 0) is 30.9 Å². The molecule has 19 heavy (non-hydrogen) atoms. The first kappa shape index (κ1) is 13.1. The number of hydrogen-bond acceptors (Lipinski definition) is 4. The van der Waals surface area contributed by atoms with E-state index < -0.39 is 0 Å². The number of aromatic nitrogens is 2. The topological polar surface area (TPSA) is 50.5 Å². The van der Waals surface area contributed by atoms with E-state index in [0.717, 1.165) is 32.0 Å². The average Bonchev–Trinajstić information content (AvgIpc) is 2.94. The molecule has 1 atom stereocenters. The summed E-state index contributed by atoms with van der Waals surface area (Å²) >= 11 is 0. The number of aliphatic hydroxyl groups is 1. The first-order valence-electron chi connectivity index (χ1n) is 7.08. The molecule has 3 heterocycles. The maximum atomic E-state index is 9.48. The van der Waals surface area contributed by atoms with Gasteiger partial charge in [0, 0.05) is 26.3 Å². The number of likely N-dealkylation sites (tertiary alicyclic amines) is 1. The Morgan fingerprint density at radius 3 is 2.95 bits per heavy atom. The summed E-state index contributed by atoms with van der Waals surface area (Å²) in [7, 11) is 1.96. The van der Waals surface area contributed by atoms with Crippen molar-refractivity contribution < 1.29 is 9.84 Å². The lowest BCUT2D eigenvalue weighted by molar-refractivity contribution is -0.146. The summed E-state index contributed by atoms with van der Waals surface area (Å²) in [4.78, 5) is 2.49. The van der Waals surface area contributed by atoms with Crippen LogP contribution in [0.2, 0.25) is 0 Å². The van der Waals surface area contributed by atoms with E-state index >= 15 is 0 Å². The Bertz CT molecular complexity index is 423. The molecule has 0 aliphatic carbocycles. The molecule has 5 heteroatoms. The van der Waals surface area contributed by atoms with Crippen LogP contribution in [-0.4, -0.2) is 59.2 Å². The molecule has 2 fully saturated rings. The first-order valence-corrected chi connectivity index (χ1v) is 7.08. The second kappa shape index (κ2) is 5.23. The average molecular weight is 265 g/mol. The summed E-state index contributed by atoms with van der Waals surface area (Å²) in [6.07, 6.45) is 6.44. The van der Waals surface area contributed by atoms with Crippen molar-refractivity contribution >= 4 is 0 Å². The van der Waals surface area contributed by atoms with Crippen LogP contribution in [0.15, 0.2) is 12.4 Å². The molecule has 3 rings (SSSR count). The van der Waals surface area contributed by atoms with Crippen molar-refractivity contribution in [1.82, 2.24) is 14.7 Å². The number of aliphatic hydroxyl groups excluding tert-OH is 1. The summed E-state index contributed by atoms with van der Waals surface area (Å²) in [5.41, 5.74) is 1.35. The maximum absolute atomic E-state index is 9.48. The molecule has 1 aromatic heterocycles. The fourth-order valence-electron chi connectivity index (χ4n) is 3.23. The summed E-state index contributed by atoms with van der Waals surface area (Å²) in [5, 5.41) is 13.7. The number of hydrogen-bond donors (Lipinski definition) is 1. The van der Waals surface area contributed by atoms with Gasteiger partial charge < -0.3 is 14.7 Å². The quantitative estimate of drug-likeness (QED) is 0.831. The predicted molar refractivity (Wildman–Crippen MR) is 71.8 cm³/mol. The zero-order valence-corrected chi connectivity index (χ0v) is 11.6. The van der Waals surface area contributed by atoms with Crippen molar-refractivity contribution in [2.75, 3.05) is 39.5 Å². The molecule has 0 amide bonds. The highest BCUT2D eigenvalue weighted by Gasteiger charge is 2.40. The molecular weight excluding hydrogens is 242 g/mol. The van der Waals surface area contributed by atoms with Crippen molar-refractivity contribution in [1.29, 1.82) is 0 Å². The van der Waals surface area contributed by atoms with Crippen LogP contribution in [0.1, 0.15) is 12.0 Å². The van der Waals surface area contributed by atoms with E-state index in [0.29, 0.717) is 13.2 Å². The number of nitrogens with zero attached hydrogens (tertiary/aromatic N) is 3. The Morgan fingerprint density at radius 2 is 2.37 bits per heavy atom. The van der Waals surface area contributed by atoms with Crippen molar-refractivity contribution in [2.45, 2.75) is 12.8 Å². The van der Waals surface area contributed by atoms with Gasteiger partial charge in [-0.1, -0.05) is 0 Å². The standard InChI is InChI=1S/C14H23N3O2/c1-16-6-13(5-15-16)4-12-2-3-17(7-12)8-14(9-18)10-19-11-14/h5-6,12,18H,2-4,7-11H2,1H3. The van der Waals surface area contributed by atoms with Crippen LogP contribution >= 0.6 is 0 Å². The second-order valence-corrected chi connectivity index (χ2v) is 6.27. The van der Waals surface area contributed by atoms with Gasteiger partial charge in [-0.15, -0.1) is 0 Å². The Kier molecular flexibility index (Phi) is 3.60. The van der Waals surface area contributed by atoms with E-state index in [1.54, 1.807) is 0 Å². The van der Waals surface area contributed by atoms with Crippen molar-refractivity contribution in [3.8, 4) is 0 Å². The molecule has 0 aromatic carbocycles. The minimum Gasteiger partial charge on any atom is -0.396 e. The third kappa shape index (κ3) is 2.83. The van der Waals surface area contributed by atoms with Crippen molar-refractivity contribution in [3.63, 3.8) is 0 Å². The largest absolute Gasteiger partial charge is 0.396 e. The molecule has 1 aromatic rings. The minimum atomic E-state index is 0.0171. The van der Waals surface area contributed by atoms with Crippen LogP contribution in [0.25, 0.3) is 0 Å². The Labute approximate surface area is 114 Å². The van der Waals surface area contributed by atoms with E-state index in [1.807, 2.05) is 17.9 Å². The number of aryl methyl sites for hydroxylation is 1. The van der Waals surface area contributed by atoms with Gasteiger partial charge in [0.25, 0.3) is 0 Å². The number of rotatable bonds is 5. The molecular formula is C14H23N3O2. The van der Waals surface area contributed by atoms with Crippen LogP contribution in [0.5, 0.6) is 0 Å². The molecule has 1 unspecified atom stereocenters. The SMILES string of the molecule is Cn1cc(CC2CCN(CC3(CO)COC3)C2)cn1. The molecule has 0 bridgehead atoms. The molecule has 0 radical (unpaired) electrons. The van der Waals surface area contributed by atoms with Gasteiger partial charge in [-0.2, -0.15) is 5.10 Å². The molecule has 106 valence electrons. The van der Waals surface area contributed by atoms with Crippen molar-refractivity contribution in [2.24, 2.45) is 18.4 Å². The monoisotopic (exact) mass is 265 g/mol. The van der Waals surface area contributed by atoms with Gasteiger partial charge in [0.1, 0.15) is 0 Å². The Hall–Kier alpha value is -0.910. The van der Waals surface area contributed by atoms with Gasteiger partial charge >= 0.3 is 0 Å². The van der Waals surface area contributed by atoms with Gasteiger partial charge in [0.2, 0.25) is 0 Å². The third-order valence-electron chi connectivity index (χ3n) is 4.36. The number of ether oxygens (including phenoxy) is 1. The highest BCUT2D eigenvalue weighted by atomic mass is 16.5. The van der Waals surface area contributed by atoms with E-state index in [9.17, 15) is 5.11 Å². The molecule has 2 aliphatic heterocycles. The van der Waals surface area contributed by atoms with Gasteiger partial charge in [-0.3, -0.25) is 4.68 Å². The summed E-state index contributed by atoms with van der Waals surface area (Å²) < 4.78 is 7.14. The summed E-state index contributed by atoms with van der Waals surface area (Å²) in [6.45, 7) is 4.94. The minimum absolute atomic E-state index is 0.0171. The molecule has 5 nitrogen and oxygen atoms in total. The molecule has 0 saturated carbocycles. The normalized spacial score (nSPS) is 26.5. The smallest absolute Gasteiger partial charge is 0.0579 e. The summed E-state index contributed by atoms with van der Waals surface area (Å²) in [5.74, 6) is 0.723. The van der Waals surface area contributed by atoms with E-state index in [2.05, 4.69) is 16.2 Å². The van der Waals surface area contributed by atoms with E-state index in [1.165, 1.54) is 12.0 Å². The van der Waals surface area contributed by atoms with Gasteiger partial charge in [-0.25, -0.2) is 0 Å². The third-order valence-corrected chi connectivity index (χ3v) is 4.36. The Morgan fingerprint density at radius 1 is 1.53 bits per heavy atom. The first-order chi connectivity index (χ1) is 9.19. The lowest BCUT2D eigenvalue weighted by atomic mass is 9.86. The lowest BCUT2D eigenvalue weighted by Gasteiger charge is -2.42. The van der Waals surface area contributed by atoms with Crippen LogP contribution < -0.4 is 0 Å². The maximum Gasteiger partial charge on any atom is 0.0579 e.